The number of nitrogens with zero attached hydrogens (tertiary/aromatic N) is 2. The summed E-state index contributed by atoms with van der Waals surface area (Å²) in [5.74, 6) is -1.23. The zero-order valence-corrected chi connectivity index (χ0v) is 18.4. The van der Waals surface area contributed by atoms with E-state index in [9.17, 15) is 24.8 Å². The normalized spacial score (nSPS) is 17.3. The summed E-state index contributed by atoms with van der Waals surface area (Å²) in [6.45, 7) is 0.564. The van der Waals surface area contributed by atoms with Crippen molar-refractivity contribution in [3.8, 4) is 11.5 Å². The van der Waals surface area contributed by atoms with Crippen LogP contribution in [0.2, 0.25) is 0 Å². The van der Waals surface area contributed by atoms with Gasteiger partial charge in [0.1, 0.15) is 5.76 Å². The Morgan fingerprint density at radius 1 is 1.06 bits per heavy atom. The molecule has 2 aromatic rings. The number of non-ortho nitro benzene ring substituents is 1. The molecular weight excluding hydrogens is 432 g/mol. The second-order valence-electron chi connectivity index (χ2n) is 7.26. The first-order valence-corrected chi connectivity index (χ1v) is 10.1. The molecular formula is C23H24N2O8. The lowest BCUT2D eigenvalue weighted by atomic mass is 9.95. The number of nitro benzene ring substituents is 1. The van der Waals surface area contributed by atoms with Crippen molar-refractivity contribution in [1.82, 2.24) is 4.90 Å². The molecule has 1 aliphatic rings. The third-order valence-electron chi connectivity index (χ3n) is 5.36. The summed E-state index contributed by atoms with van der Waals surface area (Å²) in [4.78, 5) is 37.7. The molecule has 1 saturated heterocycles. The van der Waals surface area contributed by atoms with E-state index >= 15 is 0 Å². The number of carbonyl (C=O) groups is 2. The number of aliphatic hydroxyl groups is 1. The Hall–Kier alpha value is -3.92. The number of hydrogen-bond acceptors (Lipinski definition) is 8. The summed E-state index contributed by atoms with van der Waals surface area (Å²) in [5.41, 5.74) is 0.474. The number of nitro groups is 1. The van der Waals surface area contributed by atoms with Gasteiger partial charge in [-0.25, -0.2) is 0 Å². The molecule has 2 aromatic carbocycles. The fourth-order valence-electron chi connectivity index (χ4n) is 3.75. The van der Waals surface area contributed by atoms with E-state index in [-0.39, 0.29) is 29.1 Å². The van der Waals surface area contributed by atoms with Crippen LogP contribution in [0.1, 0.15) is 23.6 Å². The monoisotopic (exact) mass is 456 g/mol. The van der Waals surface area contributed by atoms with Gasteiger partial charge in [0.15, 0.2) is 11.5 Å². The Balaban J connectivity index is 2.14. The smallest absolute Gasteiger partial charge is 0.295 e. The molecule has 1 atom stereocenters. The molecule has 3 rings (SSSR count). The molecule has 0 radical (unpaired) electrons. The third-order valence-corrected chi connectivity index (χ3v) is 5.36. The summed E-state index contributed by atoms with van der Waals surface area (Å²) >= 11 is 0. The number of ether oxygens (including phenoxy) is 3. The maximum absolute atomic E-state index is 13.0. The van der Waals surface area contributed by atoms with Crippen LogP contribution < -0.4 is 9.47 Å². The summed E-state index contributed by atoms with van der Waals surface area (Å²) < 4.78 is 15.5. The minimum atomic E-state index is -0.921. The predicted octanol–water partition coefficient (Wildman–Crippen LogP) is 3.07. The SMILES string of the molecule is COCCCN1C(=O)C(=O)/C(=C(\O)c2ccc(OC)c(OC)c2)C1c1ccc([N+](=O)[O-])cc1. The van der Waals surface area contributed by atoms with Crippen molar-refractivity contribution >= 4 is 23.1 Å². The van der Waals surface area contributed by atoms with Crippen molar-refractivity contribution in [2.75, 3.05) is 34.5 Å². The van der Waals surface area contributed by atoms with Crippen LogP contribution in [0.5, 0.6) is 11.5 Å². The average molecular weight is 456 g/mol. The topological polar surface area (TPSA) is 128 Å². The Kier molecular flexibility index (Phi) is 7.29. The van der Waals surface area contributed by atoms with Crippen molar-refractivity contribution in [2.24, 2.45) is 0 Å². The summed E-state index contributed by atoms with van der Waals surface area (Å²) in [5, 5.41) is 22.2. The molecule has 1 fully saturated rings. The molecule has 0 aliphatic carbocycles. The fourth-order valence-corrected chi connectivity index (χ4v) is 3.75. The largest absolute Gasteiger partial charge is 0.507 e. The molecule has 0 spiro atoms. The van der Waals surface area contributed by atoms with Gasteiger partial charge in [0.25, 0.3) is 17.4 Å². The van der Waals surface area contributed by atoms with Gasteiger partial charge >= 0.3 is 0 Å². The van der Waals surface area contributed by atoms with Crippen molar-refractivity contribution in [2.45, 2.75) is 12.5 Å². The number of amides is 1. The number of carbonyl (C=O) groups excluding carboxylic acids is 2. The van der Waals surface area contributed by atoms with Crippen LogP contribution in [-0.4, -0.2) is 61.1 Å². The minimum Gasteiger partial charge on any atom is -0.507 e. The Morgan fingerprint density at radius 2 is 1.73 bits per heavy atom. The summed E-state index contributed by atoms with van der Waals surface area (Å²) in [6.07, 6.45) is 0.462. The van der Waals surface area contributed by atoms with E-state index in [4.69, 9.17) is 14.2 Å². The maximum Gasteiger partial charge on any atom is 0.295 e. The number of Topliss-reactive ketones (excluding diaryl/α,β-unsaturated/α-hetero) is 1. The van der Waals surface area contributed by atoms with Gasteiger partial charge in [0.05, 0.1) is 30.8 Å². The van der Waals surface area contributed by atoms with Gasteiger partial charge in [-0.3, -0.25) is 19.7 Å². The molecule has 10 nitrogen and oxygen atoms in total. The minimum absolute atomic E-state index is 0.113. The Labute approximate surface area is 190 Å². The molecule has 174 valence electrons. The number of methoxy groups -OCH3 is 3. The van der Waals surface area contributed by atoms with Crippen molar-refractivity contribution < 1.29 is 33.8 Å². The molecule has 33 heavy (non-hydrogen) atoms. The summed E-state index contributed by atoms with van der Waals surface area (Å²) in [7, 11) is 4.43. The highest BCUT2D eigenvalue weighted by atomic mass is 16.6. The van der Waals surface area contributed by atoms with E-state index in [1.807, 2.05) is 0 Å². The predicted molar refractivity (Wildman–Crippen MR) is 118 cm³/mol. The van der Waals surface area contributed by atoms with Crippen molar-refractivity contribution in [3.63, 3.8) is 0 Å². The lowest BCUT2D eigenvalue weighted by Gasteiger charge is -2.25. The first-order chi connectivity index (χ1) is 15.8. The van der Waals surface area contributed by atoms with Gasteiger partial charge in [-0.1, -0.05) is 0 Å². The van der Waals surface area contributed by atoms with Crippen LogP contribution in [0.4, 0.5) is 5.69 Å². The van der Waals surface area contributed by atoms with Gasteiger partial charge in [-0.15, -0.1) is 0 Å². The van der Waals surface area contributed by atoms with Gasteiger partial charge in [0, 0.05) is 38.0 Å². The first-order valence-electron chi connectivity index (χ1n) is 10.1. The number of ketones is 1. The maximum atomic E-state index is 13.0. The molecule has 0 aromatic heterocycles. The van der Waals surface area contributed by atoms with Crippen LogP contribution in [0.25, 0.3) is 5.76 Å². The molecule has 1 amide bonds. The van der Waals surface area contributed by atoms with Gasteiger partial charge < -0.3 is 24.2 Å². The highest BCUT2D eigenvalue weighted by molar-refractivity contribution is 6.46. The standard InChI is InChI=1S/C23H24N2O8/c1-31-12-4-11-24-20(14-5-8-16(9-6-14)25(29)30)19(22(27)23(24)28)21(26)15-7-10-17(32-2)18(13-15)33-3/h5-10,13,20,26H,4,11-12H2,1-3H3/b21-19-. The number of rotatable bonds is 9. The van der Waals surface area contributed by atoms with Crippen LogP contribution in [0.15, 0.2) is 48.0 Å². The number of hydrogen-bond donors (Lipinski definition) is 1. The van der Waals surface area contributed by atoms with Gasteiger partial charge in [-0.05, 0) is 42.3 Å². The molecule has 1 unspecified atom stereocenters. The third kappa shape index (κ3) is 4.65. The van der Waals surface area contributed by atoms with Crippen LogP contribution in [-0.2, 0) is 14.3 Å². The van der Waals surface area contributed by atoms with Gasteiger partial charge in [-0.2, -0.15) is 0 Å². The van der Waals surface area contributed by atoms with Crippen LogP contribution in [0, 0.1) is 10.1 Å². The molecule has 0 bridgehead atoms. The van der Waals surface area contributed by atoms with Crippen LogP contribution >= 0.6 is 0 Å². The number of aliphatic hydroxyl groups excluding tert-OH is 1. The van der Waals surface area contributed by atoms with E-state index in [1.54, 1.807) is 12.1 Å². The van der Waals surface area contributed by atoms with Crippen LogP contribution in [0.3, 0.4) is 0 Å². The fraction of sp³-hybridized carbons (Fsp3) is 0.304. The number of likely N-dealkylation sites (tertiary alicyclic amines) is 1. The average Bonchev–Trinajstić information content (AvgIpc) is 3.08. The highest BCUT2D eigenvalue weighted by Gasteiger charge is 2.45. The molecule has 1 N–H and O–H groups in total. The van der Waals surface area contributed by atoms with E-state index in [1.165, 1.54) is 56.6 Å². The van der Waals surface area contributed by atoms with Gasteiger partial charge in [0.2, 0.25) is 0 Å². The quantitative estimate of drug-likeness (QED) is 0.152. The molecule has 0 saturated carbocycles. The molecule has 10 heteroatoms. The Bertz CT molecular complexity index is 1090. The first kappa shape index (κ1) is 23.7. The van der Waals surface area contributed by atoms with E-state index in [0.29, 0.717) is 30.1 Å². The number of benzene rings is 2. The van der Waals surface area contributed by atoms with E-state index in [0.717, 1.165) is 0 Å². The van der Waals surface area contributed by atoms with E-state index < -0.39 is 22.7 Å². The van der Waals surface area contributed by atoms with Crippen molar-refractivity contribution in [1.29, 1.82) is 0 Å². The second kappa shape index (κ2) is 10.1. The van der Waals surface area contributed by atoms with E-state index in [2.05, 4.69) is 0 Å². The zero-order chi connectivity index (χ0) is 24.1. The van der Waals surface area contributed by atoms with Crippen molar-refractivity contribution in [3.05, 3.63) is 69.3 Å². The second-order valence-corrected chi connectivity index (χ2v) is 7.26. The molecule has 1 aliphatic heterocycles. The zero-order valence-electron chi connectivity index (χ0n) is 18.4. The lowest BCUT2D eigenvalue weighted by Crippen LogP contribution is -2.31. The lowest BCUT2D eigenvalue weighted by molar-refractivity contribution is -0.384. The molecule has 1 heterocycles. The summed E-state index contributed by atoms with van der Waals surface area (Å²) in [6, 6.07) is 9.22. The highest BCUT2D eigenvalue weighted by Crippen LogP contribution is 2.41. The Morgan fingerprint density at radius 3 is 2.30 bits per heavy atom.